The molecule has 0 saturated heterocycles. The molecule has 0 bridgehead atoms. The first kappa shape index (κ1) is 14.2. The minimum Gasteiger partial charge on any atom is -0.383 e. The van der Waals surface area contributed by atoms with Gasteiger partial charge in [0.05, 0.1) is 0 Å². The summed E-state index contributed by atoms with van der Waals surface area (Å²) in [5.41, 5.74) is -0.322. The molecule has 2 rings (SSSR count). The Morgan fingerprint density at radius 3 is 2.68 bits per heavy atom. The van der Waals surface area contributed by atoms with E-state index in [2.05, 4.69) is 5.32 Å². The molecule has 0 unspecified atom stereocenters. The van der Waals surface area contributed by atoms with Gasteiger partial charge >= 0.3 is 0 Å². The van der Waals surface area contributed by atoms with Crippen LogP contribution < -0.4 is 5.32 Å². The van der Waals surface area contributed by atoms with Crippen LogP contribution in [0.1, 0.15) is 30.3 Å². The molecule has 0 saturated carbocycles. The number of nitrogens with one attached hydrogen (secondary N) is 1. The van der Waals surface area contributed by atoms with Crippen molar-refractivity contribution < 1.29 is 9.50 Å². The van der Waals surface area contributed by atoms with Gasteiger partial charge in [-0.1, -0.05) is 24.3 Å². The van der Waals surface area contributed by atoms with Crippen molar-refractivity contribution in [2.24, 2.45) is 0 Å². The van der Waals surface area contributed by atoms with E-state index in [1.54, 1.807) is 19.1 Å². The summed E-state index contributed by atoms with van der Waals surface area (Å²) in [6, 6.07) is 10.4. The van der Waals surface area contributed by atoms with Crippen molar-refractivity contribution in [2.75, 3.05) is 6.54 Å². The molecule has 0 fully saturated rings. The highest BCUT2D eigenvalue weighted by Gasteiger charge is 2.25. The van der Waals surface area contributed by atoms with Gasteiger partial charge in [-0.2, -0.15) is 0 Å². The first-order valence-electron chi connectivity index (χ1n) is 6.25. The zero-order chi connectivity index (χ0) is 13.9. The van der Waals surface area contributed by atoms with E-state index in [0.29, 0.717) is 12.1 Å². The maximum atomic E-state index is 13.6. The van der Waals surface area contributed by atoms with Crippen LogP contribution in [0.5, 0.6) is 0 Å². The second-order valence-corrected chi connectivity index (χ2v) is 5.82. The number of benzene rings is 1. The monoisotopic (exact) mass is 279 g/mol. The molecule has 2 N–H and O–H groups in total. The van der Waals surface area contributed by atoms with Crippen molar-refractivity contribution in [1.29, 1.82) is 0 Å². The summed E-state index contributed by atoms with van der Waals surface area (Å²) in [4.78, 5) is 0.903. The van der Waals surface area contributed by atoms with Crippen LogP contribution in [0.4, 0.5) is 4.39 Å². The van der Waals surface area contributed by atoms with Gasteiger partial charge < -0.3 is 10.4 Å². The molecular weight excluding hydrogens is 261 g/mol. The standard InChI is InChI=1S/C15H18FNOS/c1-11(12-6-3-4-7-13(12)16)17-10-15(2,18)14-8-5-9-19-14/h3-9,11,17-18H,10H2,1-2H3/t11-,15+/m1/s1. The van der Waals surface area contributed by atoms with Crippen LogP contribution in [0.25, 0.3) is 0 Å². The van der Waals surface area contributed by atoms with Crippen LogP contribution in [0.3, 0.4) is 0 Å². The molecule has 0 aliphatic rings. The Labute approximate surface area is 116 Å². The van der Waals surface area contributed by atoms with Gasteiger partial charge in [-0.15, -0.1) is 11.3 Å². The SMILES string of the molecule is C[C@@H](NC[C@](C)(O)c1cccs1)c1ccccc1F. The predicted molar refractivity (Wildman–Crippen MR) is 76.7 cm³/mol. The quantitative estimate of drug-likeness (QED) is 0.878. The summed E-state index contributed by atoms with van der Waals surface area (Å²) in [5.74, 6) is -0.224. The third-order valence-corrected chi connectivity index (χ3v) is 4.30. The molecule has 1 heterocycles. The molecular formula is C15H18FNOS. The summed E-state index contributed by atoms with van der Waals surface area (Å²) in [7, 11) is 0. The predicted octanol–water partition coefficient (Wildman–Crippen LogP) is 3.45. The Kier molecular flexibility index (Phi) is 4.34. The van der Waals surface area contributed by atoms with E-state index in [4.69, 9.17) is 0 Å². The molecule has 1 aromatic heterocycles. The van der Waals surface area contributed by atoms with E-state index in [9.17, 15) is 9.50 Å². The van der Waals surface area contributed by atoms with Crippen LogP contribution in [0.2, 0.25) is 0 Å². The average molecular weight is 279 g/mol. The van der Waals surface area contributed by atoms with Gasteiger partial charge in [-0.25, -0.2) is 4.39 Å². The molecule has 0 aliphatic heterocycles. The van der Waals surface area contributed by atoms with Crippen molar-refractivity contribution >= 4 is 11.3 Å². The lowest BCUT2D eigenvalue weighted by Crippen LogP contribution is -2.36. The van der Waals surface area contributed by atoms with E-state index >= 15 is 0 Å². The van der Waals surface area contributed by atoms with E-state index in [-0.39, 0.29) is 11.9 Å². The Bertz CT molecular complexity index is 525. The topological polar surface area (TPSA) is 32.3 Å². The fourth-order valence-electron chi connectivity index (χ4n) is 1.96. The minimum absolute atomic E-state index is 0.146. The second kappa shape index (κ2) is 5.82. The van der Waals surface area contributed by atoms with Gasteiger partial charge in [-0.05, 0) is 31.4 Å². The summed E-state index contributed by atoms with van der Waals surface area (Å²) >= 11 is 1.52. The highest BCUT2D eigenvalue weighted by molar-refractivity contribution is 7.10. The molecule has 4 heteroatoms. The first-order chi connectivity index (χ1) is 9.00. The van der Waals surface area contributed by atoms with Gasteiger partial charge in [0.25, 0.3) is 0 Å². The normalized spacial score (nSPS) is 16.0. The molecule has 0 aliphatic carbocycles. The van der Waals surface area contributed by atoms with Gasteiger partial charge in [-0.3, -0.25) is 0 Å². The van der Waals surface area contributed by atoms with Crippen molar-refractivity contribution in [3.05, 3.63) is 58.0 Å². The van der Waals surface area contributed by atoms with Crippen molar-refractivity contribution in [2.45, 2.75) is 25.5 Å². The third-order valence-electron chi connectivity index (χ3n) is 3.18. The lowest BCUT2D eigenvalue weighted by atomic mass is 10.0. The molecule has 2 nitrogen and oxygen atoms in total. The minimum atomic E-state index is -0.937. The zero-order valence-electron chi connectivity index (χ0n) is 11.1. The zero-order valence-corrected chi connectivity index (χ0v) is 11.9. The van der Waals surface area contributed by atoms with Gasteiger partial charge in [0, 0.05) is 23.0 Å². The Morgan fingerprint density at radius 2 is 2.05 bits per heavy atom. The molecule has 102 valence electrons. The van der Waals surface area contributed by atoms with E-state index in [0.717, 1.165) is 4.88 Å². The third kappa shape index (κ3) is 3.41. The van der Waals surface area contributed by atoms with Crippen LogP contribution in [0, 0.1) is 5.82 Å². The van der Waals surface area contributed by atoms with Crippen LogP contribution in [-0.4, -0.2) is 11.7 Å². The lowest BCUT2D eigenvalue weighted by Gasteiger charge is -2.25. The maximum absolute atomic E-state index is 13.6. The molecule has 19 heavy (non-hydrogen) atoms. The molecule has 2 atom stereocenters. The number of hydrogen-bond acceptors (Lipinski definition) is 3. The average Bonchev–Trinajstić information content (AvgIpc) is 2.91. The fourth-order valence-corrected chi connectivity index (χ4v) is 2.75. The largest absolute Gasteiger partial charge is 0.383 e. The van der Waals surface area contributed by atoms with Crippen LogP contribution in [0.15, 0.2) is 41.8 Å². The number of aliphatic hydroxyl groups is 1. The molecule has 1 aromatic carbocycles. The smallest absolute Gasteiger partial charge is 0.127 e. The summed E-state index contributed by atoms with van der Waals surface area (Å²) in [6.07, 6.45) is 0. The first-order valence-corrected chi connectivity index (χ1v) is 7.13. The Balaban J connectivity index is 2.01. The van der Waals surface area contributed by atoms with Crippen molar-refractivity contribution in [3.8, 4) is 0 Å². The molecule has 0 spiro atoms. The summed E-state index contributed by atoms with van der Waals surface area (Å²) in [6.45, 7) is 4.03. The van der Waals surface area contributed by atoms with Gasteiger partial charge in [0.15, 0.2) is 0 Å². The molecule has 0 radical (unpaired) electrons. The van der Waals surface area contributed by atoms with Crippen molar-refractivity contribution in [1.82, 2.24) is 5.32 Å². The number of thiophene rings is 1. The van der Waals surface area contributed by atoms with E-state index < -0.39 is 5.60 Å². The fraction of sp³-hybridized carbons (Fsp3) is 0.333. The van der Waals surface area contributed by atoms with Gasteiger partial charge in [0.2, 0.25) is 0 Å². The number of hydrogen-bond donors (Lipinski definition) is 2. The maximum Gasteiger partial charge on any atom is 0.127 e. The lowest BCUT2D eigenvalue weighted by molar-refractivity contribution is 0.0580. The Morgan fingerprint density at radius 1 is 1.32 bits per heavy atom. The second-order valence-electron chi connectivity index (χ2n) is 4.88. The van der Waals surface area contributed by atoms with Crippen LogP contribution in [-0.2, 0) is 5.60 Å². The highest BCUT2D eigenvalue weighted by atomic mass is 32.1. The number of rotatable bonds is 5. The molecule has 0 amide bonds. The number of halogens is 1. The summed E-state index contributed by atoms with van der Waals surface area (Å²) < 4.78 is 13.6. The van der Waals surface area contributed by atoms with Gasteiger partial charge in [0.1, 0.15) is 11.4 Å². The van der Waals surface area contributed by atoms with E-state index in [1.165, 1.54) is 17.4 Å². The summed E-state index contributed by atoms with van der Waals surface area (Å²) in [5, 5.41) is 15.5. The van der Waals surface area contributed by atoms with E-state index in [1.807, 2.05) is 30.5 Å². The highest BCUT2D eigenvalue weighted by Crippen LogP contribution is 2.25. The van der Waals surface area contributed by atoms with Crippen molar-refractivity contribution in [3.63, 3.8) is 0 Å². The molecule has 2 aromatic rings. The van der Waals surface area contributed by atoms with Crippen LogP contribution >= 0.6 is 11.3 Å². The Hall–Kier alpha value is -1.23.